The molecule has 1 aliphatic heterocycles. The molecular weight excluding hydrogens is 216 g/mol. The van der Waals surface area contributed by atoms with Crippen molar-refractivity contribution in [3.05, 3.63) is 35.9 Å². The van der Waals surface area contributed by atoms with Crippen LogP contribution in [0.4, 0.5) is 0 Å². The van der Waals surface area contributed by atoms with Gasteiger partial charge in [-0.05, 0) is 18.4 Å². The van der Waals surface area contributed by atoms with E-state index in [9.17, 15) is 9.59 Å². The molecule has 1 saturated carbocycles. The molecule has 2 amide bonds. The van der Waals surface area contributed by atoms with Crippen LogP contribution in [0, 0.1) is 0 Å². The second-order valence-electron chi connectivity index (χ2n) is 4.61. The SMILES string of the molecule is O=C1CN(C2CC2)C(=O)[C@H](c2ccccc2)N1. The van der Waals surface area contributed by atoms with E-state index in [1.54, 1.807) is 4.90 Å². The lowest BCUT2D eigenvalue weighted by Crippen LogP contribution is -2.54. The summed E-state index contributed by atoms with van der Waals surface area (Å²) in [4.78, 5) is 25.6. The van der Waals surface area contributed by atoms with Gasteiger partial charge < -0.3 is 10.2 Å². The molecule has 0 spiro atoms. The fraction of sp³-hybridized carbons (Fsp3) is 0.385. The molecule has 1 aromatic rings. The van der Waals surface area contributed by atoms with Crippen molar-refractivity contribution in [3.63, 3.8) is 0 Å². The van der Waals surface area contributed by atoms with Crippen LogP contribution in [0.25, 0.3) is 0 Å². The number of nitrogens with one attached hydrogen (secondary N) is 1. The topological polar surface area (TPSA) is 49.4 Å². The standard InChI is InChI=1S/C13H14N2O2/c16-11-8-15(10-6-7-10)13(17)12(14-11)9-4-2-1-3-5-9/h1-5,10,12H,6-8H2,(H,14,16)/t12-/m0/s1. The Bertz CT molecular complexity index is 454. The second kappa shape index (κ2) is 3.87. The normalized spacial score (nSPS) is 24.7. The van der Waals surface area contributed by atoms with Crippen LogP contribution >= 0.6 is 0 Å². The zero-order chi connectivity index (χ0) is 11.8. The number of amides is 2. The molecule has 2 aliphatic rings. The zero-order valence-corrected chi connectivity index (χ0v) is 9.43. The Morgan fingerprint density at radius 2 is 1.82 bits per heavy atom. The Morgan fingerprint density at radius 1 is 1.12 bits per heavy atom. The van der Waals surface area contributed by atoms with E-state index in [2.05, 4.69) is 5.32 Å². The predicted octanol–water partition coefficient (Wildman–Crippen LogP) is 0.849. The summed E-state index contributed by atoms with van der Waals surface area (Å²) in [6, 6.07) is 9.20. The largest absolute Gasteiger partial charge is 0.339 e. The van der Waals surface area contributed by atoms with E-state index in [1.807, 2.05) is 30.3 Å². The summed E-state index contributed by atoms with van der Waals surface area (Å²) in [5, 5.41) is 2.76. The Balaban J connectivity index is 1.88. The van der Waals surface area contributed by atoms with E-state index in [1.165, 1.54) is 0 Å². The van der Waals surface area contributed by atoms with Gasteiger partial charge in [-0.3, -0.25) is 9.59 Å². The molecule has 2 fully saturated rings. The first-order valence-corrected chi connectivity index (χ1v) is 5.90. The van der Waals surface area contributed by atoms with Crippen LogP contribution in [-0.2, 0) is 9.59 Å². The van der Waals surface area contributed by atoms with Crippen LogP contribution in [0.15, 0.2) is 30.3 Å². The maximum absolute atomic E-state index is 12.3. The minimum atomic E-state index is -0.502. The van der Waals surface area contributed by atoms with Gasteiger partial charge in [0.15, 0.2) is 0 Å². The van der Waals surface area contributed by atoms with Crippen LogP contribution in [0.2, 0.25) is 0 Å². The van der Waals surface area contributed by atoms with Crippen molar-refractivity contribution in [2.45, 2.75) is 24.9 Å². The van der Waals surface area contributed by atoms with Crippen LogP contribution < -0.4 is 5.32 Å². The van der Waals surface area contributed by atoms with Gasteiger partial charge in [0.2, 0.25) is 5.91 Å². The third kappa shape index (κ3) is 1.90. The van der Waals surface area contributed by atoms with Gasteiger partial charge in [-0.15, -0.1) is 0 Å². The van der Waals surface area contributed by atoms with Gasteiger partial charge in [-0.1, -0.05) is 30.3 Å². The highest BCUT2D eigenvalue weighted by atomic mass is 16.2. The molecule has 4 nitrogen and oxygen atoms in total. The maximum atomic E-state index is 12.3. The van der Waals surface area contributed by atoms with E-state index < -0.39 is 6.04 Å². The summed E-state index contributed by atoms with van der Waals surface area (Å²) in [6.45, 7) is 0.215. The van der Waals surface area contributed by atoms with E-state index in [0.717, 1.165) is 18.4 Å². The minimum Gasteiger partial charge on any atom is -0.339 e. The van der Waals surface area contributed by atoms with Crippen LogP contribution in [0.3, 0.4) is 0 Å². The lowest BCUT2D eigenvalue weighted by Gasteiger charge is -2.32. The molecule has 1 saturated heterocycles. The van der Waals surface area contributed by atoms with Gasteiger partial charge in [0, 0.05) is 6.04 Å². The Kier molecular flexibility index (Phi) is 2.35. The van der Waals surface area contributed by atoms with Gasteiger partial charge in [-0.2, -0.15) is 0 Å². The van der Waals surface area contributed by atoms with E-state index in [0.29, 0.717) is 6.04 Å². The first-order valence-electron chi connectivity index (χ1n) is 5.90. The van der Waals surface area contributed by atoms with Crippen molar-refractivity contribution in [2.24, 2.45) is 0 Å². The molecule has 0 bridgehead atoms. The van der Waals surface area contributed by atoms with Gasteiger partial charge >= 0.3 is 0 Å². The number of benzene rings is 1. The van der Waals surface area contributed by atoms with E-state index in [-0.39, 0.29) is 18.4 Å². The molecule has 17 heavy (non-hydrogen) atoms. The molecule has 0 radical (unpaired) electrons. The number of nitrogens with zero attached hydrogens (tertiary/aromatic N) is 1. The second-order valence-corrected chi connectivity index (χ2v) is 4.61. The highest BCUT2D eigenvalue weighted by molar-refractivity contribution is 5.95. The molecular formula is C13H14N2O2. The first kappa shape index (κ1) is 10.3. The summed E-state index contributed by atoms with van der Waals surface area (Å²) in [5.74, 6) is -0.0383. The molecule has 88 valence electrons. The van der Waals surface area contributed by atoms with Crippen molar-refractivity contribution in [2.75, 3.05) is 6.54 Å². The van der Waals surface area contributed by atoms with E-state index >= 15 is 0 Å². The van der Waals surface area contributed by atoms with Gasteiger partial charge in [-0.25, -0.2) is 0 Å². The van der Waals surface area contributed by atoms with Crippen molar-refractivity contribution >= 4 is 11.8 Å². The number of piperazine rings is 1. The monoisotopic (exact) mass is 230 g/mol. The molecule has 1 heterocycles. The average molecular weight is 230 g/mol. The molecule has 0 unspecified atom stereocenters. The maximum Gasteiger partial charge on any atom is 0.250 e. The Morgan fingerprint density at radius 3 is 2.47 bits per heavy atom. The summed E-state index contributed by atoms with van der Waals surface area (Å²) in [5.41, 5.74) is 0.858. The summed E-state index contributed by atoms with van der Waals surface area (Å²) in [7, 11) is 0. The third-order valence-corrected chi connectivity index (χ3v) is 3.27. The highest BCUT2D eigenvalue weighted by Crippen LogP contribution is 2.31. The molecule has 1 N–H and O–H groups in total. The lowest BCUT2D eigenvalue weighted by atomic mass is 10.0. The van der Waals surface area contributed by atoms with Crippen LogP contribution in [-0.4, -0.2) is 29.3 Å². The number of hydrogen-bond acceptors (Lipinski definition) is 2. The summed E-state index contributed by atoms with van der Waals surface area (Å²) < 4.78 is 0. The van der Waals surface area contributed by atoms with Crippen molar-refractivity contribution < 1.29 is 9.59 Å². The number of carbonyl (C=O) groups excluding carboxylic acids is 2. The van der Waals surface area contributed by atoms with Gasteiger partial charge in [0.05, 0.1) is 6.54 Å². The molecule has 1 aliphatic carbocycles. The fourth-order valence-corrected chi connectivity index (χ4v) is 2.23. The van der Waals surface area contributed by atoms with Gasteiger partial charge in [0.25, 0.3) is 5.91 Å². The molecule has 3 rings (SSSR count). The van der Waals surface area contributed by atoms with Crippen molar-refractivity contribution in [1.29, 1.82) is 0 Å². The molecule has 1 atom stereocenters. The Hall–Kier alpha value is -1.84. The highest BCUT2D eigenvalue weighted by Gasteiger charge is 2.41. The first-order chi connectivity index (χ1) is 8.25. The van der Waals surface area contributed by atoms with Crippen molar-refractivity contribution in [1.82, 2.24) is 10.2 Å². The van der Waals surface area contributed by atoms with E-state index in [4.69, 9.17) is 0 Å². The summed E-state index contributed by atoms with van der Waals surface area (Å²) >= 11 is 0. The van der Waals surface area contributed by atoms with Crippen LogP contribution in [0.1, 0.15) is 24.4 Å². The molecule has 1 aromatic carbocycles. The third-order valence-electron chi connectivity index (χ3n) is 3.27. The van der Waals surface area contributed by atoms with Crippen molar-refractivity contribution in [3.8, 4) is 0 Å². The average Bonchev–Trinajstić information content (AvgIpc) is 3.17. The van der Waals surface area contributed by atoms with Gasteiger partial charge in [0.1, 0.15) is 6.04 Å². The molecule has 0 aromatic heterocycles. The predicted molar refractivity (Wildman–Crippen MR) is 62.1 cm³/mol. The smallest absolute Gasteiger partial charge is 0.250 e. The zero-order valence-electron chi connectivity index (χ0n) is 9.43. The fourth-order valence-electron chi connectivity index (χ4n) is 2.23. The Labute approximate surface area is 99.6 Å². The summed E-state index contributed by atoms with van der Waals surface area (Å²) in [6.07, 6.45) is 2.06. The number of rotatable bonds is 2. The number of carbonyl (C=O) groups is 2. The lowest BCUT2D eigenvalue weighted by molar-refractivity contribution is -0.145. The minimum absolute atomic E-state index is 0.0262. The van der Waals surface area contributed by atoms with Crippen LogP contribution in [0.5, 0.6) is 0 Å². The number of hydrogen-bond donors (Lipinski definition) is 1. The molecule has 4 heteroatoms. The quantitative estimate of drug-likeness (QED) is 0.818.